The average molecular weight is 335 g/mol. The van der Waals surface area contributed by atoms with E-state index in [4.69, 9.17) is 16.3 Å². The minimum Gasteiger partial charge on any atom is -0.454 e. The Bertz CT molecular complexity index is 786. The zero-order chi connectivity index (χ0) is 16.8. The van der Waals surface area contributed by atoms with Gasteiger partial charge in [0.15, 0.2) is 6.61 Å². The zero-order valence-corrected chi connectivity index (χ0v) is 13.2. The van der Waals surface area contributed by atoms with E-state index in [1.54, 1.807) is 30.3 Å². The summed E-state index contributed by atoms with van der Waals surface area (Å²) in [6.07, 6.45) is 1.47. The summed E-state index contributed by atoms with van der Waals surface area (Å²) in [4.78, 5) is 34.8. The molecule has 1 aromatic heterocycles. The first-order valence-electron chi connectivity index (χ1n) is 6.83. The number of amides is 1. The van der Waals surface area contributed by atoms with Gasteiger partial charge < -0.3 is 14.6 Å². The topological polar surface area (TPSA) is 77.4 Å². The number of aryl methyl sites for hydroxylation is 1. The number of ether oxygens (including phenoxy) is 1. The highest BCUT2D eigenvalue weighted by atomic mass is 35.5. The van der Waals surface area contributed by atoms with E-state index in [1.165, 1.54) is 16.8 Å². The van der Waals surface area contributed by atoms with Crippen LogP contribution in [0.5, 0.6) is 0 Å². The molecule has 120 valence electrons. The van der Waals surface area contributed by atoms with E-state index >= 15 is 0 Å². The number of carbonyl (C=O) groups excluding carboxylic acids is 2. The van der Waals surface area contributed by atoms with Gasteiger partial charge in [0.1, 0.15) is 6.54 Å². The predicted octanol–water partition coefficient (Wildman–Crippen LogP) is 1.99. The van der Waals surface area contributed by atoms with Crippen LogP contribution in [-0.2, 0) is 20.9 Å². The Morgan fingerprint density at radius 3 is 2.74 bits per heavy atom. The Hall–Kier alpha value is -2.60. The number of benzene rings is 1. The van der Waals surface area contributed by atoms with Crippen molar-refractivity contribution in [1.29, 1.82) is 0 Å². The van der Waals surface area contributed by atoms with Crippen molar-refractivity contribution in [2.45, 2.75) is 13.5 Å². The molecule has 1 aromatic carbocycles. The lowest BCUT2D eigenvalue weighted by Gasteiger charge is -2.08. The standard InChI is InChI=1S/C16H15ClN2O4/c1-11-5-6-12(8-13(11)17)18-14(20)10-23-16(22)9-19-7-3-2-4-15(19)21/h2-8H,9-10H2,1H3,(H,18,20). The molecule has 2 rings (SSSR count). The molecule has 0 fully saturated rings. The molecule has 0 aliphatic heterocycles. The second kappa shape index (κ2) is 7.60. The smallest absolute Gasteiger partial charge is 0.326 e. The molecule has 1 amide bonds. The van der Waals surface area contributed by atoms with Crippen molar-refractivity contribution < 1.29 is 14.3 Å². The summed E-state index contributed by atoms with van der Waals surface area (Å²) in [6, 6.07) is 9.62. The van der Waals surface area contributed by atoms with Crippen molar-refractivity contribution in [3.05, 3.63) is 63.5 Å². The van der Waals surface area contributed by atoms with Crippen molar-refractivity contribution in [2.75, 3.05) is 11.9 Å². The van der Waals surface area contributed by atoms with Gasteiger partial charge in [-0.05, 0) is 30.7 Å². The van der Waals surface area contributed by atoms with Gasteiger partial charge >= 0.3 is 5.97 Å². The molecule has 0 aliphatic rings. The van der Waals surface area contributed by atoms with Gasteiger partial charge in [-0.1, -0.05) is 23.7 Å². The Kier molecular flexibility index (Phi) is 5.54. The number of hydrogen-bond donors (Lipinski definition) is 1. The number of anilines is 1. The largest absolute Gasteiger partial charge is 0.454 e. The second-order valence-electron chi connectivity index (χ2n) is 4.84. The van der Waals surface area contributed by atoms with E-state index in [-0.39, 0.29) is 12.1 Å². The molecule has 1 N–H and O–H groups in total. The third-order valence-electron chi connectivity index (χ3n) is 3.02. The summed E-state index contributed by atoms with van der Waals surface area (Å²) < 4.78 is 6.04. The lowest BCUT2D eigenvalue weighted by Crippen LogP contribution is -2.26. The van der Waals surface area contributed by atoms with E-state index < -0.39 is 18.5 Å². The Morgan fingerprint density at radius 1 is 1.26 bits per heavy atom. The Morgan fingerprint density at radius 2 is 2.04 bits per heavy atom. The van der Waals surface area contributed by atoms with Crippen LogP contribution in [0.25, 0.3) is 0 Å². The normalized spacial score (nSPS) is 10.2. The monoisotopic (exact) mass is 334 g/mol. The van der Waals surface area contributed by atoms with Gasteiger partial charge in [-0.25, -0.2) is 0 Å². The van der Waals surface area contributed by atoms with Crippen LogP contribution in [0.1, 0.15) is 5.56 Å². The van der Waals surface area contributed by atoms with Crippen LogP contribution < -0.4 is 10.9 Å². The number of esters is 1. The van der Waals surface area contributed by atoms with E-state index in [2.05, 4.69) is 5.32 Å². The minimum atomic E-state index is -0.671. The molecule has 7 heteroatoms. The van der Waals surface area contributed by atoms with Gasteiger partial charge in [0.05, 0.1) is 0 Å². The van der Waals surface area contributed by atoms with Gasteiger partial charge in [0, 0.05) is 23.0 Å². The first-order chi connectivity index (χ1) is 11.0. The molecule has 0 saturated carbocycles. The van der Waals surface area contributed by atoms with Crippen LogP contribution in [0.3, 0.4) is 0 Å². The molecule has 0 atom stereocenters. The zero-order valence-electron chi connectivity index (χ0n) is 12.4. The summed E-state index contributed by atoms with van der Waals surface area (Å²) >= 11 is 5.96. The number of aromatic nitrogens is 1. The van der Waals surface area contributed by atoms with Gasteiger partial charge in [0.25, 0.3) is 11.5 Å². The van der Waals surface area contributed by atoms with Gasteiger partial charge in [0.2, 0.25) is 0 Å². The molecular weight excluding hydrogens is 320 g/mol. The van der Waals surface area contributed by atoms with Crippen molar-refractivity contribution in [3.63, 3.8) is 0 Å². The van der Waals surface area contributed by atoms with E-state index in [1.807, 2.05) is 6.92 Å². The summed E-state index contributed by atoms with van der Waals surface area (Å²) in [5.74, 6) is -1.16. The van der Waals surface area contributed by atoms with Crippen LogP contribution >= 0.6 is 11.6 Å². The number of pyridine rings is 1. The maximum Gasteiger partial charge on any atom is 0.326 e. The first kappa shape index (κ1) is 16.8. The molecule has 0 unspecified atom stereocenters. The Balaban J connectivity index is 1.84. The molecule has 0 radical (unpaired) electrons. The highest BCUT2D eigenvalue weighted by molar-refractivity contribution is 6.31. The number of hydrogen-bond acceptors (Lipinski definition) is 4. The average Bonchev–Trinajstić information content (AvgIpc) is 2.51. The maximum atomic E-state index is 11.7. The summed E-state index contributed by atoms with van der Waals surface area (Å²) in [5, 5.41) is 3.10. The fourth-order valence-electron chi connectivity index (χ4n) is 1.79. The fourth-order valence-corrected chi connectivity index (χ4v) is 1.97. The van der Waals surface area contributed by atoms with Gasteiger partial charge in [-0.15, -0.1) is 0 Å². The van der Waals surface area contributed by atoms with Crippen LogP contribution in [0.4, 0.5) is 5.69 Å². The van der Waals surface area contributed by atoms with Crippen LogP contribution in [-0.4, -0.2) is 23.1 Å². The summed E-state index contributed by atoms with van der Waals surface area (Å²) in [7, 11) is 0. The highest BCUT2D eigenvalue weighted by Gasteiger charge is 2.09. The Labute approximate surface area is 137 Å². The number of halogens is 1. The van der Waals surface area contributed by atoms with Crippen LogP contribution in [0.2, 0.25) is 5.02 Å². The van der Waals surface area contributed by atoms with Gasteiger partial charge in [-0.3, -0.25) is 14.4 Å². The molecule has 6 nitrogen and oxygen atoms in total. The third-order valence-corrected chi connectivity index (χ3v) is 3.43. The van der Waals surface area contributed by atoms with E-state index in [0.717, 1.165) is 5.56 Å². The van der Waals surface area contributed by atoms with Crippen LogP contribution in [0.15, 0.2) is 47.4 Å². The lowest BCUT2D eigenvalue weighted by molar-refractivity contribution is -0.147. The molecule has 0 aliphatic carbocycles. The molecule has 0 saturated heterocycles. The second-order valence-corrected chi connectivity index (χ2v) is 5.25. The first-order valence-corrected chi connectivity index (χ1v) is 7.20. The third kappa shape index (κ3) is 4.96. The summed E-state index contributed by atoms with van der Waals surface area (Å²) in [6.45, 7) is 1.16. The number of nitrogens with one attached hydrogen (secondary N) is 1. The van der Waals surface area contributed by atoms with E-state index in [9.17, 15) is 14.4 Å². The van der Waals surface area contributed by atoms with Gasteiger partial charge in [-0.2, -0.15) is 0 Å². The SMILES string of the molecule is Cc1ccc(NC(=O)COC(=O)Cn2ccccc2=O)cc1Cl. The number of rotatable bonds is 5. The number of carbonyl (C=O) groups is 2. The molecule has 0 spiro atoms. The van der Waals surface area contributed by atoms with Crippen molar-refractivity contribution in [1.82, 2.24) is 4.57 Å². The highest BCUT2D eigenvalue weighted by Crippen LogP contribution is 2.19. The van der Waals surface area contributed by atoms with Crippen LogP contribution in [0, 0.1) is 6.92 Å². The van der Waals surface area contributed by atoms with Crippen molar-refractivity contribution >= 4 is 29.2 Å². The lowest BCUT2D eigenvalue weighted by atomic mass is 10.2. The number of nitrogens with zero attached hydrogens (tertiary/aromatic N) is 1. The molecule has 1 heterocycles. The summed E-state index contributed by atoms with van der Waals surface area (Å²) in [5.41, 5.74) is 1.09. The van der Waals surface area contributed by atoms with Crippen molar-refractivity contribution in [3.8, 4) is 0 Å². The molecular formula is C16H15ClN2O4. The predicted molar refractivity (Wildman–Crippen MR) is 86.5 cm³/mol. The molecule has 0 bridgehead atoms. The van der Waals surface area contributed by atoms with E-state index in [0.29, 0.717) is 10.7 Å². The quantitative estimate of drug-likeness (QED) is 0.848. The molecule has 23 heavy (non-hydrogen) atoms. The maximum absolute atomic E-state index is 11.7. The molecule has 2 aromatic rings. The fraction of sp³-hybridized carbons (Fsp3) is 0.188. The minimum absolute atomic E-state index is 0.247. The van der Waals surface area contributed by atoms with Crippen molar-refractivity contribution in [2.24, 2.45) is 0 Å².